The standard InChI is InChI=1S/C24H26ClN7OS/c1-2-11-30-12-14-31(15-13-30)24-29-32-21(28-22(33)26-19-10-6-9-18(25)16-19)20(27-23(32)34-24)17-7-4-3-5-8-17/h3-10,16H,2,11-15H2,1H3,(H2,26,28,33). The number of carbonyl (C=O) groups is 1. The minimum absolute atomic E-state index is 0.385. The molecule has 0 radical (unpaired) electrons. The Hall–Kier alpha value is -3.14. The van der Waals surface area contributed by atoms with Crippen molar-refractivity contribution in [2.75, 3.05) is 48.3 Å². The monoisotopic (exact) mass is 495 g/mol. The molecule has 1 saturated heterocycles. The Morgan fingerprint density at radius 1 is 1.06 bits per heavy atom. The Balaban J connectivity index is 1.43. The fraction of sp³-hybridized carbons (Fsp3) is 0.292. The number of rotatable bonds is 6. The average Bonchev–Trinajstić information content (AvgIpc) is 3.40. The van der Waals surface area contributed by atoms with E-state index in [4.69, 9.17) is 21.7 Å². The zero-order valence-corrected chi connectivity index (χ0v) is 20.4. The third-order valence-electron chi connectivity index (χ3n) is 5.74. The highest BCUT2D eigenvalue weighted by Crippen LogP contribution is 2.33. The van der Waals surface area contributed by atoms with Gasteiger partial charge < -0.3 is 10.2 Å². The van der Waals surface area contributed by atoms with E-state index in [0.717, 1.165) is 48.4 Å². The summed E-state index contributed by atoms with van der Waals surface area (Å²) in [6, 6.07) is 16.5. The molecule has 0 aliphatic carbocycles. The lowest BCUT2D eigenvalue weighted by Crippen LogP contribution is -2.46. The number of amides is 2. The van der Waals surface area contributed by atoms with Crippen LogP contribution in [0.3, 0.4) is 0 Å². The Morgan fingerprint density at radius 3 is 2.59 bits per heavy atom. The summed E-state index contributed by atoms with van der Waals surface area (Å²) in [5.41, 5.74) is 2.20. The molecule has 3 heterocycles. The summed E-state index contributed by atoms with van der Waals surface area (Å²) in [5, 5.41) is 12.1. The van der Waals surface area contributed by atoms with Crippen LogP contribution < -0.4 is 15.5 Å². The van der Waals surface area contributed by atoms with Crippen LogP contribution in [0.25, 0.3) is 16.2 Å². The van der Waals surface area contributed by atoms with Crippen LogP contribution in [0.4, 0.5) is 21.4 Å². The predicted molar refractivity (Wildman–Crippen MR) is 139 cm³/mol. The fourth-order valence-electron chi connectivity index (χ4n) is 4.09. The Morgan fingerprint density at radius 2 is 1.85 bits per heavy atom. The van der Waals surface area contributed by atoms with Gasteiger partial charge in [-0.3, -0.25) is 10.2 Å². The number of urea groups is 1. The molecule has 0 saturated carbocycles. The van der Waals surface area contributed by atoms with Gasteiger partial charge >= 0.3 is 6.03 Å². The molecular formula is C24H26ClN7OS. The summed E-state index contributed by atoms with van der Waals surface area (Å²) >= 11 is 7.60. The molecule has 0 unspecified atom stereocenters. The number of aromatic nitrogens is 3. The molecular weight excluding hydrogens is 470 g/mol. The SMILES string of the molecule is CCCN1CCN(c2nn3c(NC(=O)Nc4cccc(Cl)c4)c(-c4ccccc4)nc3s2)CC1. The van der Waals surface area contributed by atoms with E-state index in [0.29, 0.717) is 22.2 Å². The summed E-state index contributed by atoms with van der Waals surface area (Å²) < 4.78 is 1.73. The van der Waals surface area contributed by atoms with Gasteiger partial charge in [-0.2, -0.15) is 4.52 Å². The molecule has 8 nitrogen and oxygen atoms in total. The number of piperazine rings is 1. The molecule has 1 aliphatic heterocycles. The number of carbonyl (C=O) groups excluding carboxylic acids is 1. The van der Waals surface area contributed by atoms with Gasteiger partial charge in [-0.1, -0.05) is 66.3 Å². The molecule has 2 N–H and O–H groups in total. The van der Waals surface area contributed by atoms with Gasteiger partial charge in [0.05, 0.1) is 0 Å². The van der Waals surface area contributed by atoms with Crippen LogP contribution in [0.15, 0.2) is 54.6 Å². The lowest BCUT2D eigenvalue weighted by atomic mass is 10.1. The fourth-order valence-corrected chi connectivity index (χ4v) is 5.23. The van der Waals surface area contributed by atoms with Gasteiger partial charge in [0.2, 0.25) is 10.1 Å². The van der Waals surface area contributed by atoms with Crippen LogP contribution in [0.5, 0.6) is 0 Å². The minimum atomic E-state index is -0.385. The highest BCUT2D eigenvalue weighted by molar-refractivity contribution is 7.20. The predicted octanol–water partition coefficient (Wildman–Crippen LogP) is 5.29. The quantitative estimate of drug-likeness (QED) is 0.380. The second-order valence-electron chi connectivity index (χ2n) is 8.17. The number of halogens is 1. The first kappa shape index (κ1) is 22.6. The molecule has 10 heteroatoms. The van der Waals surface area contributed by atoms with Crippen molar-refractivity contribution < 1.29 is 4.79 Å². The van der Waals surface area contributed by atoms with E-state index in [1.165, 1.54) is 6.42 Å². The van der Waals surface area contributed by atoms with E-state index in [2.05, 4.69) is 27.4 Å². The molecule has 2 aromatic carbocycles. The van der Waals surface area contributed by atoms with Gasteiger partial charge in [0.1, 0.15) is 5.69 Å². The number of nitrogens with one attached hydrogen (secondary N) is 2. The lowest BCUT2D eigenvalue weighted by molar-refractivity contribution is 0.258. The van der Waals surface area contributed by atoms with Gasteiger partial charge in [0.25, 0.3) is 0 Å². The van der Waals surface area contributed by atoms with Crippen LogP contribution in [0.1, 0.15) is 13.3 Å². The Kier molecular flexibility index (Phi) is 6.66. The van der Waals surface area contributed by atoms with Crippen LogP contribution in [0, 0.1) is 0 Å². The molecule has 1 aliphatic rings. The van der Waals surface area contributed by atoms with Gasteiger partial charge in [0.15, 0.2) is 5.82 Å². The maximum atomic E-state index is 12.9. The van der Waals surface area contributed by atoms with E-state index in [1.807, 2.05) is 30.3 Å². The molecule has 0 spiro atoms. The minimum Gasteiger partial charge on any atom is -0.344 e. The zero-order chi connectivity index (χ0) is 23.5. The molecule has 34 heavy (non-hydrogen) atoms. The van der Waals surface area contributed by atoms with Crippen molar-refractivity contribution in [3.63, 3.8) is 0 Å². The van der Waals surface area contributed by atoms with Crippen molar-refractivity contribution in [3.05, 3.63) is 59.6 Å². The molecule has 2 amide bonds. The maximum Gasteiger partial charge on any atom is 0.324 e. The molecule has 0 atom stereocenters. The number of hydrogen-bond donors (Lipinski definition) is 2. The number of fused-ring (bicyclic) bond motifs is 1. The summed E-state index contributed by atoms with van der Waals surface area (Å²) in [5.74, 6) is 0.535. The second kappa shape index (κ2) is 10.0. The highest BCUT2D eigenvalue weighted by atomic mass is 35.5. The van der Waals surface area contributed by atoms with E-state index in [9.17, 15) is 4.79 Å². The topological polar surface area (TPSA) is 77.8 Å². The number of anilines is 3. The third-order valence-corrected chi connectivity index (χ3v) is 6.94. The lowest BCUT2D eigenvalue weighted by Gasteiger charge is -2.34. The average molecular weight is 496 g/mol. The van der Waals surface area contributed by atoms with Crippen LogP contribution >= 0.6 is 22.9 Å². The van der Waals surface area contributed by atoms with Crippen molar-refractivity contribution in [1.29, 1.82) is 0 Å². The van der Waals surface area contributed by atoms with Crippen LogP contribution in [-0.4, -0.2) is 58.3 Å². The van der Waals surface area contributed by atoms with E-state index in [-0.39, 0.29) is 6.03 Å². The third kappa shape index (κ3) is 4.86. The molecule has 2 aromatic heterocycles. The number of nitrogens with zero attached hydrogens (tertiary/aromatic N) is 5. The van der Waals surface area contributed by atoms with Crippen molar-refractivity contribution in [3.8, 4) is 11.3 Å². The Bertz CT molecular complexity index is 1280. The van der Waals surface area contributed by atoms with Gasteiger partial charge in [0, 0.05) is 42.5 Å². The summed E-state index contributed by atoms with van der Waals surface area (Å²) in [7, 11) is 0. The first-order chi connectivity index (χ1) is 16.6. The molecule has 176 valence electrons. The smallest absolute Gasteiger partial charge is 0.324 e. The van der Waals surface area contributed by atoms with E-state index < -0.39 is 0 Å². The van der Waals surface area contributed by atoms with Gasteiger partial charge in [-0.05, 0) is 31.2 Å². The van der Waals surface area contributed by atoms with Crippen molar-refractivity contribution in [2.45, 2.75) is 13.3 Å². The summed E-state index contributed by atoms with van der Waals surface area (Å²) in [4.78, 5) is 23.2. The summed E-state index contributed by atoms with van der Waals surface area (Å²) in [6.07, 6.45) is 1.17. The molecule has 5 rings (SSSR count). The van der Waals surface area contributed by atoms with E-state index >= 15 is 0 Å². The second-order valence-corrected chi connectivity index (χ2v) is 9.54. The summed E-state index contributed by atoms with van der Waals surface area (Å²) in [6.45, 7) is 7.26. The Labute approximate surface area is 207 Å². The number of imidazole rings is 1. The first-order valence-electron chi connectivity index (χ1n) is 11.4. The zero-order valence-electron chi connectivity index (χ0n) is 18.9. The largest absolute Gasteiger partial charge is 0.344 e. The molecule has 4 aromatic rings. The molecule has 1 fully saturated rings. The van der Waals surface area contributed by atoms with Gasteiger partial charge in [-0.25, -0.2) is 9.78 Å². The van der Waals surface area contributed by atoms with Gasteiger partial charge in [-0.15, -0.1) is 5.10 Å². The normalized spacial score (nSPS) is 14.5. The van der Waals surface area contributed by atoms with E-state index in [1.54, 1.807) is 40.1 Å². The van der Waals surface area contributed by atoms with Crippen LogP contribution in [0.2, 0.25) is 5.02 Å². The number of hydrogen-bond acceptors (Lipinski definition) is 6. The van der Waals surface area contributed by atoms with Crippen LogP contribution in [-0.2, 0) is 0 Å². The van der Waals surface area contributed by atoms with Crippen molar-refractivity contribution in [2.24, 2.45) is 0 Å². The number of benzene rings is 2. The first-order valence-corrected chi connectivity index (χ1v) is 12.6. The molecule has 0 bridgehead atoms. The maximum absolute atomic E-state index is 12.9. The highest BCUT2D eigenvalue weighted by Gasteiger charge is 2.24. The van der Waals surface area contributed by atoms with Crippen molar-refractivity contribution in [1.82, 2.24) is 19.5 Å². The van der Waals surface area contributed by atoms with Crippen molar-refractivity contribution >= 4 is 50.6 Å².